The number of hydrogen-bond donors (Lipinski definition) is 4. The van der Waals surface area contributed by atoms with Gasteiger partial charge in [-0.05, 0) is 51.4 Å². The Morgan fingerprint density at radius 3 is 2.40 bits per heavy atom. The minimum Gasteiger partial charge on any atom is -0.481 e. The molecule has 0 heterocycles. The normalized spacial score (nSPS) is 52.8. The van der Waals surface area contributed by atoms with E-state index in [0.717, 1.165) is 12.0 Å². The molecule has 3 rings (SSSR count). The Morgan fingerprint density at radius 1 is 1.20 bits per heavy atom. The predicted octanol–water partition coefficient (Wildman–Crippen LogP) is 2.26. The number of carboxylic acids is 1. The van der Waals surface area contributed by atoms with Gasteiger partial charge in [-0.3, -0.25) is 4.79 Å². The van der Waals surface area contributed by atoms with E-state index in [1.54, 1.807) is 6.08 Å². The largest absolute Gasteiger partial charge is 0.481 e. The van der Waals surface area contributed by atoms with Crippen LogP contribution < -0.4 is 0 Å². The van der Waals surface area contributed by atoms with Gasteiger partial charge in [0, 0.05) is 11.3 Å². The number of carboxylic acid groups (broad SMARTS) is 1. The lowest BCUT2D eigenvalue weighted by atomic mass is 9.39. The summed E-state index contributed by atoms with van der Waals surface area (Å²) >= 11 is 0. The smallest absolute Gasteiger partial charge is 0.314 e. The standard InChI is InChI=1S/C20H30O5/c1-5-13-12(2)6-7-14-17(3)9-8-15(21)18(4,16(22)23)20(17,25)11-10-19(13,14)24/h5,13-15,21,24-25H,1-2,6-11H2,3-4H3,(H,22,23). The van der Waals surface area contributed by atoms with Crippen LogP contribution >= 0.6 is 0 Å². The minimum absolute atomic E-state index is 0.133. The van der Waals surface area contributed by atoms with E-state index in [2.05, 4.69) is 13.2 Å². The van der Waals surface area contributed by atoms with Crippen LogP contribution in [0.4, 0.5) is 0 Å². The third kappa shape index (κ3) is 1.97. The number of hydrogen-bond acceptors (Lipinski definition) is 4. The quantitative estimate of drug-likeness (QED) is 0.573. The Bertz CT molecular complexity index is 630. The summed E-state index contributed by atoms with van der Waals surface area (Å²) in [5.74, 6) is -1.70. The summed E-state index contributed by atoms with van der Waals surface area (Å²) in [6.45, 7) is 11.3. The summed E-state index contributed by atoms with van der Waals surface area (Å²) in [6, 6.07) is 0. The fourth-order valence-electron chi connectivity index (χ4n) is 6.39. The Balaban J connectivity index is 2.15. The monoisotopic (exact) mass is 350 g/mol. The van der Waals surface area contributed by atoms with E-state index < -0.39 is 34.1 Å². The lowest BCUT2D eigenvalue weighted by molar-refractivity contribution is -0.298. The van der Waals surface area contributed by atoms with Gasteiger partial charge < -0.3 is 20.4 Å². The summed E-state index contributed by atoms with van der Waals surface area (Å²) < 4.78 is 0. The van der Waals surface area contributed by atoms with Crippen LogP contribution in [0.1, 0.15) is 52.4 Å². The molecule has 3 saturated carbocycles. The van der Waals surface area contributed by atoms with Crippen LogP contribution in [0.3, 0.4) is 0 Å². The molecular weight excluding hydrogens is 320 g/mol. The van der Waals surface area contributed by atoms with Crippen LogP contribution in [0.25, 0.3) is 0 Å². The molecule has 0 radical (unpaired) electrons. The first-order chi connectivity index (χ1) is 11.5. The van der Waals surface area contributed by atoms with Gasteiger partial charge in [0.15, 0.2) is 0 Å². The van der Waals surface area contributed by atoms with Gasteiger partial charge in [-0.1, -0.05) is 25.2 Å². The van der Waals surface area contributed by atoms with E-state index in [1.807, 2.05) is 6.92 Å². The van der Waals surface area contributed by atoms with Crippen molar-refractivity contribution in [3.8, 4) is 0 Å². The maximum Gasteiger partial charge on any atom is 0.314 e. The number of aliphatic hydroxyl groups is 3. The number of rotatable bonds is 2. The van der Waals surface area contributed by atoms with Crippen molar-refractivity contribution in [3.05, 3.63) is 24.8 Å². The molecule has 4 N–H and O–H groups in total. The first-order valence-electron chi connectivity index (χ1n) is 9.15. The van der Waals surface area contributed by atoms with Gasteiger partial charge in [-0.15, -0.1) is 6.58 Å². The number of carbonyl (C=O) groups is 1. The molecular formula is C20H30O5. The molecule has 25 heavy (non-hydrogen) atoms. The van der Waals surface area contributed by atoms with E-state index in [0.29, 0.717) is 19.3 Å². The maximum absolute atomic E-state index is 12.1. The van der Waals surface area contributed by atoms with Crippen molar-refractivity contribution in [1.29, 1.82) is 0 Å². The van der Waals surface area contributed by atoms with Crippen LogP contribution in [-0.4, -0.2) is 43.7 Å². The topological polar surface area (TPSA) is 98.0 Å². The van der Waals surface area contributed by atoms with Gasteiger partial charge in [-0.2, -0.15) is 0 Å². The fourth-order valence-corrected chi connectivity index (χ4v) is 6.39. The highest BCUT2D eigenvalue weighted by atomic mass is 16.4. The molecule has 0 aromatic heterocycles. The zero-order valence-electron chi connectivity index (χ0n) is 15.2. The predicted molar refractivity (Wildman–Crippen MR) is 93.8 cm³/mol. The van der Waals surface area contributed by atoms with Crippen molar-refractivity contribution in [1.82, 2.24) is 0 Å². The van der Waals surface area contributed by atoms with Crippen molar-refractivity contribution < 1.29 is 25.2 Å². The molecule has 0 aromatic carbocycles. The van der Waals surface area contributed by atoms with E-state index in [1.165, 1.54) is 6.92 Å². The Morgan fingerprint density at radius 2 is 1.84 bits per heavy atom. The molecule has 3 aliphatic rings. The highest BCUT2D eigenvalue weighted by Gasteiger charge is 2.74. The first kappa shape index (κ1) is 18.6. The van der Waals surface area contributed by atoms with Crippen molar-refractivity contribution in [2.45, 2.75) is 69.7 Å². The van der Waals surface area contributed by atoms with E-state index >= 15 is 0 Å². The van der Waals surface area contributed by atoms with Crippen molar-refractivity contribution in [2.75, 3.05) is 0 Å². The zero-order valence-corrected chi connectivity index (χ0v) is 15.2. The second-order valence-corrected chi connectivity index (χ2v) is 8.79. The second-order valence-electron chi connectivity index (χ2n) is 8.79. The van der Waals surface area contributed by atoms with Crippen LogP contribution in [-0.2, 0) is 4.79 Å². The molecule has 7 unspecified atom stereocenters. The molecule has 0 saturated heterocycles. The molecule has 5 nitrogen and oxygen atoms in total. The second kappa shape index (κ2) is 5.41. The van der Waals surface area contributed by atoms with Crippen LogP contribution in [0.15, 0.2) is 24.8 Å². The van der Waals surface area contributed by atoms with Gasteiger partial charge in [0.25, 0.3) is 0 Å². The SMILES string of the molecule is C=CC1C(=C)CCC2C1(O)CCC1(O)C2(C)CCC(O)C1(C)C(=O)O. The van der Waals surface area contributed by atoms with E-state index in [-0.39, 0.29) is 24.7 Å². The third-order valence-electron chi connectivity index (χ3n) is 8.08. The first-order valence-corrected chi connectivity index (χ1v) is 9.15. The molecule has 5 heteroatoms. The number of aliphatic carboxylic acids is 1. The molecule has 7 atom stereocenters. The van der Waals surface area contributed by atoms with Crippen LogP contribution in [0.2, 0.25) is 0 Å². The number of fused-ring (bicyclic) bond motifs is 3. The summed E-state index contributed by atoms with van der Waals surface area (Å²) in [4.78, 5) is 12.1. The average Bonchev–Trinajstić information content (AvgIpc) is 2.54. The average molecular weight is 350 g/mol. The van der Waals surface area contributed by atoms with E-state index in [9.17, 15) is 25.2 Å². The number of aliphatic hydroxyl groups excluding tert-OH is 1. The van der Waals surface area contributed by atoms with Crippen LogP contribution in [0, 0.1) is 22.7 Å². The highest BCUT2D eigenvalue weighted by molar-refractivity contribution is 5.77. The Labute approximate surface area is 149 Å². The van der Waals surface area contributed by atoms with E-state index in [4.69, 9.17) is 0 Å². The summed E-state index contributed by atoms with van der Waals surface area (Å²) in [5, 5.41) is 43.6. The summed E-state index contributed by atoms with van der Waals surface area (Å²) in [7, 11) is 0. The van der Waals surface area contributed by atoms with Crippen molar-refractivity contribution in [3.63, 3.8) is 0 Å². The highest BCUT2D eigenvalue weighted by Crippen LogP contribution is 2.68. The molecule has 3 aliphatic carbocycles. The van der Waals surface area contributed by atoms with Gasteiger partial charge in [0.2, 0.25) is 0 Å². The molecule has 3 fully saturated rings. The minimum atomic E-state index is -1.65. The van der Waals surface area contributed by atoms with Gasteiger partial charge in [-0.25, -0.2) is 0 Å². The van der Waals surface area contributed by atoms with Gasteiger partial charge >= 0.3 is 5.97 Å². The zero-order chi connectivity index (χ0) is 18.8. The fraction of sp³-hybridized carbons (Fsp3) is 0.750. The maximum atomic E-state index is 12.1. The molecule has 0 aliphatic heterocycles. The third-order valence-corrected chi connectivity index (χ3v) is 8.08. The van der Waals surface area contributed by atoms with Crippen LogP contribution in [0.5, 0.6) is 0 Å². The lowest BCUT2D eigenvalue weighted by Gasteiger charge is -2.68. The Kier molecular flexibility index (Phi) is 4.03. The molecule has 0 bridgehead atoms. The summed E-state index contributed by atoms with van der Waals surface area (Å²) in [5.41, 5.74) is -4.15. The lowest BCUT2D eigenvalue weighted by Crippen LogP contribution is -2.75. The molecule has 0 amide bonds. The van der Waals surface area contributed by atoms with Gasteiger partial charge in [0.05, 0.1) is 17.3 Å². The van der Waals surface area contributed by atoms with Crippen molar-refractivity contribution in [2.24, 2.45) is 22.7 Å². The molecule has 0 spiro atoms. The van der Waals surface area contributed by atoms with Gasteiger partial charge in [0.1, 0.15) is 5.41 Å². The summed E-state index contributed by atoms with van der Waals surface area (Å²) in [6.07, 6.45) is 3.19. The molecule has 0 aromatic rings. The molecule has 140 valence electrons. The van der Waals surface area contributed by atoms with Crippen molar-refractivity contribution >= 4 is 5.97 Å². The Hall–Kier alpha value is -1.17.